The van der Waals surface area contributed by atoms with Crippen molar-refractivity contribution < 1.29 is 9.59 Å². The molecule has 0 spiro atoms. The number of hydrogen-bond donors (Lipinski definition) is 6. The molecule has 0 radical (unpaired) electrons. The van der Waals surface area contributed by atoms with E-state index in [1.807, 2.05) is 45.2 Å². The Morgan fingerprint density at radius 2 is 1.65 bits per heavy atom. The Bertz CT molecular complexity index is 1760. The number of Topliss-reactive ketones (excluding diaryl/α,β-unsaturated/α-hetero) is 1. The molecule has 1 aliphatic carbocycles. The van der Waals surface area contributed by atoms with E-state index >= 15 is 0 Å². The minimum absolute atomic E-state index is 0.119. The van der Waals surface area contributed by atoms with E-state index < -0.39 is 0 Å². The lowest BCUT2D eigenvalue weighted by atomic mass is 9.81. The summed E-state index contributed by atoms with van der Waals surface area (Å²) in [4.78, 5) is 32.8. The average Bonchev–Trinajstić information content (AvgIpc) is 3.89. The minimum Gasteiger partial charge on any atom is -0.368 e. The Kier molecular flexibility index (Phi) is 15.2. The van der Waals surface area contributed by atoms with E-state index in [4.69, 9.17) is 11.6 Å². The number of aliphatic imine (C=N–C) groups is 2. The fraction of sp³-hybridized carbons (Fsp3) is 0.487. The number of H-pyrrole nitrogens is 2. The second-order valence-corrected chi connectivity index (χ2v) is 14.7. The van der Waals surface area contributed by atoms with Crippen molar-refractivity contribution in [1.82, 2.24) is 25.7 Å². The number of hydrogen-bond acceptors (Lipinski definition) is 10. The Morgan fingerprint density at radius 3 is 2.29 bits per heavy atom. The summed E-state index contributed by atoms with van der Waals surface area (Å²) in [6, 6.07) is 9.97. The summed E-state index contributed by atoms with van der Waals surface area (Å²) < 4.78 is 0. The first-order valence-electron chi connectivity index (χ1n) is 18.3. The summed E-state index contributed by atoms with van der Waals surface area (Å²) in [5, 5.41) is 27.3. The molecule has 13 heteroatoms. The molecule has 3 aliphatic rings. The van der Waals surface area contributed by atoms with E-state index in [9.17, 15) is 9.59 Å². The number of amidine groups is 1. The second-order valence-electron chi connectivity index (χ2n) is 14.3. The van der Waals surface area contributed by atoms with Crippen LogP contribution < -0.4 is 21.3 Å². The normalized spacial score (nSPS) is 14.9. The van der Waals surface area contributed by atoms with Gasteiger partial charge in [0.25, 0.3) is 0 Å². The zero-order valence-electron chi connectivity index (χ0n) is 31.6. The van der Waals surface area contributed by atoms with E-state index in [1.165, 1.54) is 19.3 Å². The van der Waals surface area contributed by atoms with Gasteiger partial charge >= 0.3 is 0 Å². The minimum atomic E-state index is -0.119. The van der Waals surface area contributed by atoms with Gasteiger partial charge in [0.2, 0.25) is 5.78 Å². The van der Waals surface area contributed by atoms with Gasteiger partial charge in [-0.2, -0.15) is 10.2 Å². The smallest absolute Gasteiger partial charge is 0.210 e. The highest BCUT2D eigenvalue weighted by Crippen LogP contribution is 2.31. The summed E-state index contributed by atoms with van der Waals surface area (Å²) in [6.07, 6.45) is 12.7. The third-order valence-corrected chi connectivity index (χ3v) is 8.82. The number of aromatic nitrogens is 4. The first kappa shape index (κ1) is 40.1. The van der Waals surface area contributed by atoms with Gasteiger partial charge in [0.05, 0.1) is 18.8 Å². The predicted molar refractivity (Wildman–Crippen MR) is 214 cm³/mol. The van der Waals surface area contributed by atoms with Crippen molar-refractivity contribution in [3.63, 3.8) is 0 Å². The highest BCUT2D eigenvalue weighted by atomic mass is 35.5. The van der Waals surface area contributed by atoms with E-state index in [-0.39, 0.29) is 11.8 Å². The SMILES string of the molecule is CC(C)NC1=NCC(C(=O)CCC2CCC2)=C1.CC(C)Nc1cc(NCC2=CCC=N2)n[nH]1.Cc1ccc(C(=O)c2cc(NC(C)C)n[nH]2)cc1Cl. The van der Waals surface area contributed by atoms with E-state index in [1.54, 1.807) is 18.2 Å². The molecule has 0 atom stereocenters. The van der Waals surface area contributed by atoms with Crippen LogP contribution in [0.25, 0.3) is 0 Å². The van der Waals surface area contributed by atoms with Crippen LogP contribution in [0.2, 0.25) is 5.02 Å². The van der Waals surface area contributed by atoms with Crippen LogP contribution in [0, 0.1) is 12.8 Å². The third kappa shape index (κ3) is 13.1. The molecule has 6 N–H and O–H groups in total. The number of benzene rings is 1. The van der Waals surface area contributed by atoms with Crippen LogP contribution in [-0.4, -0.2) is 75.2 Å². The first-order chi connectivity index (χ1) is 24.9. The largest absolute Gasteiger partial charge is 0.368 e. The van der Waals surface area contributed by atoms with Crippen LogP contribution in [0.15, 0.2) is 63.7 Å². The maximum absolute atomic E-state index is 12.3. The quantitative estimate of drug-likeness (QED) is 0.0912. The Balaban J connectivity index is 0.000000175. The third-order valence-electron chi connectivity index (χ3n) is 8.41. The summed E-state index contributed by atoms with van der Waals surface area (Å²) >= 11 is 6.03. The Labute approximate surface area is 312 Å². The number of carbonyl (C=O) groups is 2. The molecule has 1 fully saturated rings. The Hall–Kier alpha value is -4.71. The number of nitrogens with zero attached hydrogens (tertiary/aromatic N) is 4. The van der Waals surface area contributed by atoms with Crippen molar-refractivity contribution >= 4 is 52.7 Å². The standard InChI is InChI=1S/C14H16ClN3O.C14H22N2O.C11H17N5/c1-8(2)16-13-7-12(17-18-13)14(19)10-5-4-9(3)11(15)6-10;1-10(2)16-14-8-12(9-15-14)13(17)7-6-11-4-3-5-11;1-8(2)14-11-6-10(15-16-11)13-7-9-4-3-5-12-9/h4-8H,1-3H3,(H2,16,17,18);8,10-11H,3-7,9H2,1-2H3,(H,15,16);4-6,8H,3,7H2,1-2H3,(H3,13,14,15,16). The molecule has 280 valence electrons. The van der Waals surface area contributed by atoms with Gasteiger partial charge in [-0.15, -0.1) is 0 Å². The van der Waals surface area contributed by atoms with E-state index in [2.05, 4.69) is 85.4 Å². The summed E-state index contributed by atoms with van der Waals surface area (Å²) in [6.45, 7) is 15.5. The van der Waals surface area contributed by atoms with Gasteiger partial charge in [0.15, 0.2) is 5.78 Å². The van der Waals surface area contributed by atoms with Gasteiger partial charge in [0.1, 0.15) is 29.0 Å². The molecular weight excluding hydrogens is 676 g/mol. The van der Waals surface area contributed by atoms with Gasteiger partial charge in [-0.25, -0.2) is 0 Å². The molecule has 0 saturated heterocycles. The molecule has 0 unspecified atom stereocenters. The zero-order valence-corrected chi connectivity index (χ0v) is 32.3. The van der Waals surface area contributed by atoms with Crippen LogP contribution in [0.4, 0.5) is 17.5 Å². The average molecular weight is 731 g/mol. The topological polar surface area (TPSA) is 164 Å². The number of halogens is 1. The fourth-order valence-corrected chi connectivity index (χ4v) is 5.64. The number of rotatable bonds is 14. The predicted octanol–water partition coefficient (Wildman–Crippen LogP) is 7.90. The van der Waals surface area contributed by atoms with Crippen LogP contribution >= 0.6 is 11.6 Å². The van der Waals surface area contributed by atoms with E-state index in [0.29, 0.717) is 52.9 Å². The molecule has 1 saturated carbocycles. The monoisotopic (exact) mass is 730 g/mol. The lowest BCUT2D eigenvalue weighted by Crippen LogP contribution is -2.27. The van der Waals surface area contributed by atoms with Crippen molar-refractivity contribution in [3.05, 3.63) is 75.6 Å². The summed E-state index contributed by atoms with van der Waals surface area (Å²) in [5.74, 6) is 4.29. The van der Waals surface area contributed by atoms with Crippen LogP contribution in [0.5, 0.6) is 0 Å². The highest BCUT2D eigenvalue weighted by molar-refractivity contribution is 6.31. The molecule has 4 heterocycles. The molecule has 0 bridgehead atoms. The lowest BCUT2D eigenvalue weighted by Gasteiger charge is -2.24. The van der Waals surface area contributed by atoms with Crippen LogP contribution in [0.1, 0.15) is 102 Å². The second kappa shape index (κ2) is 19.8. The molecule has 2 aromatic heterocycles. The highest BCUT2D eigenvalue weighted by Gasteiger charge is 2.21. The maximum atomic E-state index is 12.3. The summed E-state index contributed by atoms with van der Waals surface area (Å²) in [7, 11) is 0. The van der Waals surface area contributed by atoms with Crippen molar-refractivity contribution in [2.24, 2.45) is 15.9 Å². The maximum Gasteiger partial charge on any atom is 0.210 e. The van der Waals surface area contributed by atoms with Gasteiger partial charge in [-0.3, -0.25) is 29.8 Å². The van der Waals surface area contributed by atoms with Crippen LogP contribution in [-0.2, 0) is 4.79 Å². The molecule has 2 aliphatic heterocycles. The number of aromatic amines is 2. The molecule has 3 aromatic rings. The first-order valence-corrected chi connectivity index (χ1v) is 18.7. The molecular formula is C39H55ClN10O2. The number of aryl methyl sites for hydroxylation is 1. The molecule has 6 rings (SSSR count). The van der Waals surface area contributed by atoms with Crippen molar-refractivity contribution in [1.29, 1.82) is 0 Å². The number of anilines is 3. The molecule has 0 amide bonds. The van der Waals surface area contributed by atoms with Crippen molar-refractivity contribution in [3.8, 4) is 0 Å². The van der Waals surface area contributed by atoms with Crippen LogP contribution in [0.3, 0.4) is 0 Å². The van der Waals surface area contributed by atoms with Gasteiger partial charge in [-0.05, 0) is 78.5 Å². The van der Waals surface area contributed by atoms with E-state index in [0.717, 1.165) is 59.6 Å². The number of nitrogens with one attached hydrogen (secondary N) is 6. The number of allylic oxidation sites excluding steroid dienone is 1. The number of carbonyl (C=O) groups excluding carboxylic acids is 2. The zero-order chi connectivity index (χ0) is 37.6. The fourth-order valence-electron chi connectivity index (χ4n) is 5.46. The molecule has 52 heavy (non-hydrogen) atoms. The van der Waals surface area contributed by atoms with Crippen molar-refractivity contribution in [2.75, 3.05) is 29.0 Å². The Morgan fingerprint density at radius 1 is 0.923 bits per heavy atom. The van der Waals surface area contributed by atoms with Crippen molar-refractivity contribution in [2.45, 2.75) is 105 Å². The molecule has 12 nitrogen and oxygen atoms in total. The van der Waals surface area contributed by atoms with Gasteiger partial charge in [0, 0.05) is 65.5 Å². The summed E-state index contributed by atoms with van der Waals surface area (Å²) in [5.41, 5.74) is 3.90. The number of ketones is 2. The molecule has 1 aromatic carbocycles. The van der Waals surface area contributed by atoms with Gasteiger partial charge in [-0.1, -0.05) is 49.1 Å². The lowest BCUT2D eigenvalue weighted by molar-refractivity contribution is -0.116. The van der Waals surface area contributed by atoms with Gasteiger partial charge < -0.3 is 21.3 Å².